The van der Waals surface area contributed by atoms with Crippen LogP contribution in [0.2, 0.25) is 0 Å². The van der Waals surface area contributed by atoms with Crippen molar-refractivity contribution in [3.8, 4) is 0 Å². The highest BCUT2D eigenvalue weighted by Gasteiger charge is 2.29. The van der Waals surface area contributed by atoms with E-state index in [0.29, 0.717) is 17.6 Å². The minimum absolute atomic E-state index is 0.377. The Balaban J connectivity index is 1.89. The zero-order chi connectivity index (χ0) is 11.1. The fourth-order valence-electron chi connectivity index (χ4n) is 2.44. The summed E-state index contributed by atoms with van der Waals surface area (Å²) < 4.78 is 0. The average Bonchev–Trinajstić information content (AvgIpc) is 2.99. The number of carbonyl (C=O) groups is 1. The van der Waals surface area contributed by atoms with Crippen molar-refractivity contribution >= 4 is 5.97 Å². The number of aromatic carboxylic acids is 1. The monoisotopic (exact) mass is 217 g/mol. The second kappa shape index (κ2) is 3.59. The minimum Gasteiger partial charge on any atom is -0.478 e. The second-order valence-corrected chi connectivity index (χ2v) is 4.75. The Hall–Kier alpha value is -1.35. The van der Waals surface area contributed by atoms with Crippen LogP contribution in [0.25, 0.3) is 0 Å². The summed E-state index contributed by atoms with van der Waals surface area (Å²) in [6, 6.07) is 6.56. The molecule has 1 atom stereocenters. The topological polar surface area (TPSA) is 49.3 Å². The van der Waals surface area contributed by atoms with E-state index < -0.39 is 5.97 Å². The summed E-state index contributed by atoms with van der Waals surface area (Å²) in [7, 11) is 0. The van der Waals surface area contributed by atoms with Gasteiger partial charge < -0.3 is 10.4 Å². The van der Waals surface area contributed by atoms with E-state index in [4.69, 9.17) is 5.11 Å². The van der Waals surface area contributed by atoms with Gasteiger partial charge in [0.05, 0.1) is 5.56 Å². The van der Waals surface area contributed by atoms with Gasteiger partial charge in [-0.05, 0) is 48.9 Å². The van der Waals surface area contributed by atoms with Gasteiger partial charge in [-0.15, -0.1) is 0 Å². The molecule has 0 heterocycles. The van der Waals surface area contributed by atoms with Gasteiger partial charge in [0.15, 0.2) is 0 Å². The van der Waals surface area contributed by atoms with E-state index in [0.717, 1.165) is 12.8 Å². The molecule has 0 radical (unpaired) electrons. The fourth-order valence-corrected chi connectivity index (χ4v) is 2.44. The van der Waals surface area contributed by atoms with Crippen molar-refractivity contribution in [3.05, 3.63) is 34.9 Å². The highest BCUT2D eigenvalue weighted by Crippen LogP contribution is 2.34. The molecule has 1 fully saturated rings. The van der Waals surface area contributed by atoms with Crippen LogP contribution in [0.3, 0.4) is 0 Å². The molecule has 0 amide bonds. The summed E-state index contributed by atoms with van der Waals surface area (Å²) in [5.41, 5.74) is 2.91. The third-order valence-corrected chi connectivity index (χ3v) is 3.48. The maximum atomic E-state index is 10.9. The van der Waals surface area contributed by atoms with Crippen LogP contribution in [-0.4, -0.2) is 17.1 Å². The number of nitrogens with one attached hydrogen (secondary N) is 1. The fraction of sp³-hybridized carbons (Fsp3) is 0.462. The first-order chi connectivity index (χ1) is 7.74. The number of aryl methyl sites for hydroxylation is 1. The molecule has 2 N–H and O–H groups in total. The first-order valence-electron chi connectivity index (χ1n) is 5.86. The molecule has 1 unspecified atom stereocenters. The number of benzene rings is 1. The lowest BCUT2D eigenvalue weighted by Gasteiger charge is -2.13. The molecule has 2 aliphatic rings. The number of carboxylic acid groups (broad SMARTS) is 1. The van der Waals surface area contributed by atoms with Crippen molar-refractivity contribution in [1.29, 1.82) is 0 Å². The van der Waals surface area contributed by atoms with Crippen molar-refractivity contribution in [3.63, 3.8) is 0 Å². The van der Waals surface area contributed by atoms with Crippen LogP contribution in [0.1, 0.15) is 46.8 Å². The third-order valence-electron chi connectivity index (χ3n) is 3.48. The molecule has 3 nitrogen and oxygen atoms in total. The number of carboxylic acids is 1. The lowest BCUT2D eigenvalue weighted by Crippen LogP contribution is -2.21. The van der Waals surface area contributed by atoms with Crippen LogP contribution in [0.15, 0.2) is 18.2 Å². The summed E-state index contributed by atoms with van der Waals surface area (Å²) in [6.45, 7) is 0. The van der Waals surface area contributed by atoms with Gasteiger partial charge in [-0.3, -0.25) is 0 Å². The summed E-state index contributed by atoms with van der Waals surface area (Å²) in [5, 5.41) is 12.6. The minimum atomic E-state index is -0.833. The Morgan fingerprint density at radius 1 is 1.31 bits per heavy atom. The first-order valence-corrected chi connectivity index (χ1v) is 5.86. The van der Waals surface area contributed by atoms with Gasteiger partial charge >= 0.3 is 5.97 Å². The zero-order valence-electron chi connectivity index (χ0n) is 9.07. The molecule has 0 aliphatic heterocycles. The molecule has 3 rings (SSSR count). The van der Waals surface area contributed by atoms with Gasteiger partial charge in [-0.1, -0.05) is 6.07 Å². The molecular formula is C13H15NO2. The van der Waals surface area contributed by atoms with Gasteiger partial charge in [-0.2, -0.15) is 0 Å². The van der Waals surface area contributed by atoms with Crippen LogP contribution in [0, 0.1) is 0 Å². The van der Waals surface area contributed by atoms with Crippen molar-refractivity contribution in [2.24, 2.45) is 0 Å². The molecule has 16 heavy (non-hydrogen) atoms. The molecule has 0 bridgehead atoms. The highest BCUT2D eigenvalue weighted by molar-refractivity contribution is 5.88. The third kappa shape index (κ3) is 1.71. The maximum absolute atomic E-state index is 10.9. The molecule has 0 saturated heterocycles. The molecule has 84 valence electrons. The molecule has 0 aromatic heterocycles. The van der Waals surface area contributed by atoms with Crippen molar-refractivity contribution in [2.75, 3.05) is 0 Å². The van der Waals surface area contributed by atoms with Gasteiger partial charge in [0.25, 0.3) is 0 Å². The summed E-state index contributed by atoms with van der Waals surface area (Å²) >= 11 is 0. The van der Waals surface area contributed by atoms with Crippen molar-refractivity contribution < 1.29 is 9.90 Å². The Morgan fingerprint density at radius 3 is 2.81 bits per heavy atom. The van der Waals surface area contributed by atoms with Gasteiger partial charge in [0, 0.05) is 12.1 Å². The number of hydrogen-bond donors (Lipinski definition) is 2. The predicted molar refractivity (Wildman–Crippen MR) is 60.6 cm³/mol. The maximum Gasteiger partial charge on any atom is 0.335 e. The quantitative estimate of drug-likeness (QED) is 0.815. The predicted octanol–water partition coefficient (Wildman–Crippen LogP) is 2.12. The lowest BCUT2D eigenvalue weighted by atomic mass is 10.0. The van der Waals surface area contributed by atoms with Crippen LogP contribution in [0.5, 0.6) is 0 Å². The van der Waals surface area contributed by atoms with Gasteiger partial charge in [-0.25, -0.2) is 4.79 Å². The van der Waals surface area contributed by atoms with Crippen molar-refractivity contribution in [1.82, 2.24) is 5.32 Å². The first kappa shape index (κ1) is 9.85. The van der Waals surface area contributed by atoms with Crippen LogP contribution in [0.4, 0.5) is 0 Å². The summed E-state index contributed by atoms with van der Waals surface area (Å²) in [5.74, 6) is -0.833. The van der Waals surface area contributed by atoms with E-state index >= 15 is 0 Å². The Kier molecular flexibility index (Phi) is 2.21. The van der Waals surface area contributed by atoms with E-state index in [1.165, 1.54) is 24.0 Å². The van der Waals surface area contributed by atoms with Gasteiger partial charge in [0.2, 0.25) is 0 Å². The average molecular weight is 217 g/mol. The summed E-state index contributed by atoms with van der Waals surface area (Å²) in [6.07, 6.45) is 4.71. The zero-order valence-corrected chi connectivity index (χ0v) is 9.07. The molecule has 1 aromatic carbocycles. The molecule has 1 aromatic rings. The highest BCUT2D eigenvalue weighted by atomic mass is 16.4. The Morgan fingerprint density at radius 2 is 2.12 bits per heavy atom. The van der Waals surface area contributed by atoms with Gasteiger partial charge in [0.1, 0.15) is 0 Å². The second-order valence-electron chi connectivity index (χ2n) is 4.75. The van der Waals surface area contributed by atoms with E-state index in [2.05, 4.69) is 5.32 Å². The normalized spacial score (nSPS) is 23.1. The van der Waals surface area contributed by atoms with Crippen molar-refractivity contribution in [2.45, 2.75) is 37.8 Å². The van der Waals surface area contributed by atoms with E-state index in [9.17, 15) is 4.79 Å². The SMILES string of the molecule is O=C(O)c1ccc2c(c1)C(NC1CC1)CC2. The number of fused-ring (bicyclic) bond motifs is 1. The number of hydrogen-bond acceptors (Lipinski definition) is 2. The Labute approximate surface area is 94.5 Å². The standard InChI is InChI=1S/C13H15NO2/c15-13(16)9-2-1-8-3-6-12(11(8)7-9)14-10-4-5-10/h1-2,7,10,12,14H,3-6H2,(H,15,16). The Bertz CT molecular complexity index is 438. The largest absolute Gasteiger partial charge is 0.478 e. The van der Waals surface area contributed by atoms with Crippen LogP contribution >= 0.6 is 0 Å². The molecule has 1 saturated carbocycles. The van der Waals surface area contributed by atoms with E-state index in [-0.39, 0.29) is 0 Å². The molecule has 3 heteroatoms. The van der Waals surface area contributed by atoms with E-state index in [1.54, 1.807) is 6.07 Å². The molecule has 2 aliphatic carbocycles. The van der Waals surface area contributed by atoms with Crippen LogP contribution in [-0.2, 0) is 6.42 Å². The summed E-state index contributed by atoms with van der Waals surface area (Å²) in [4.78, 5) is 10.9. The molecular weight excluding hydrogens is 202 g/mol. The smallest absolute Gasteiger partial charge is 0.335 e. The molecule has 0 spiro atoms. The van der Waals surface area contributed by atoms with Crippen LogP contribution < -0.4 is 5.32 Å². The lowest BCUT2D eigenvalue weighted by molar-refractivity contribution is 0.0697. The number of rotatable bonds is 3. The van der Waals surface area contributed by atoms with E-state index in [1.807, 2.05) is 12.1 Å².